The predicted molar refractivity (Wildman–Crippen MR) is 188 cm³/mol. The van der Waals surface area contributed by atoms with Gasteiger partial charge < -0.3 is 14.8 Å². The van der Waals surface area contributed by atoms with Crippen LogP contribution in [-0.4, -0.2) is 68.7 Å². The number of amides is 1. The highest BCUT2D eigenvalue weighted by atomic mass is 35.5. The minimum absolute atomic E-state index is 0.0637. The molecular formula is C37H36Cl2F2N6O2. The van der Waals surface area contributed by atoms with Crippen molar-refractivity contribution < 1.29 is 18.4 Å². The van der Waals surface area contributed by atoms with Gasteiger partial charge in [-0.3, -0.25) is 19.5 Å². The maximum Gasteiger partial charge on any atom is 0.296 e. The molecule has 2 aromatic carbocycles. The lowest BCUT2D eigenvalue weighted by molar-refractivity contribution is -0.112. The number of anilines is 1. The fraction of sp³-hybridized carbons (Fsp3) is 0.297. The number of carbonyl (C=O) groups is 2. The first-order chi connectivity index (χ1) is 23.8. The zero-order valence-corrected chi connectivity index (χ0v) is 28.3. The Kier molecular flexibility index (Phi) is 11.3. The van der Waals surface area contributed by atoms with E-state index in [9.17, 15) is 18.4 Å². The number of Topliss-reactive ketones (excluding diaryl/α,β-unsaturated/α-hetero) is 1. The molecule has 1 fully saturated rings. The number of carbonyl (C=O) groups excluding carboxylic acids is 2. The third-order valence-electron chi connectivity index (χ3n) is 8.94. The van der Waals surface area contributed by atoms with Crippen LogP contribution in [0.5, 0.6) is 0 Å². The zero-order valence-electron chi connectivity index (χ0n) is 26.8. The van der Waals surface area contributed by atoms with Gasteiger partial charge in [-0.05, 0) is 66.9 Å². The molecule has 4 heterocycles. The summed E-state index contributed by atoms with van der Waals surface area (Å²) in [6.45, 7) is 5.22. The molecule has 1 aliphatic heterocycles. The van der Waals surface area contributed by atoms with Crippen molar-refractivity contribution in [1.82, 2.24) is 24.3 Å². The van der Waals surface area contributed by atoms with Gasteiger partial charge in [0, 0.05) is 62.9 Å². The molecule has 49 heavy (non-hydrogen) atoms. The molecule has 1 saturated heterocycles. The number of pyridine rings is 2. The van der Waals surface area contributed by atoms with Crippen LogP contribution in [0.4, 0.5) is 14.5 Å². The number of aryl methyl sites for hydroxylation is 1. The topological polar surface area (TPSA) is 83.4 Å². The van der Waals surface area contributed by atoms with Crippen LogP contribution < -0.4 is 5.32 Å². The number of halogens is 4. The highest BCUT2D eigenvalue weighted by Crippen LogP contribution is 2.31. The lowest BCUT2D eigenvalue weighted by atomic mass is 9.96. The lowest BCUT2D eigenvalue weighted by Gasteiger charge is -2.40. The normalized spacial score (nSPS) is 14.1. The fourth-order valence-electron chi connectivity index (χ4n) is 6.42. The smallest absolute Gasteiger partial charge is 0.296 e. The van der Waals surface area contributed by atoms with E-state index in [4.69, 9.17) is 23.2 Å². The molecule has 0 bridgehead atoms. The van der Waals surface area contributed by atoms with E-state index in [1.165, 1.54) is 36.7 Å². The highest BCUT2D eigenvalue weighted by Gasteiger charge is 2.27. The molecular weight excluding hydrogens is 669 g/mol. The lowest BCUT2D eigenvalue weighted by Crippen LogP contribution is -2.48. The predicted octanol–water partition coefficient (Wildman–Crippen LogP) is 7.81. The number of ketones is 1. The molecule has 12 heteroatoms. The van der Waals surface area contributed by atoms with E-state index in [-0.39, 0.29) is 39.0 Å². The Morgan fingerprint density at radius 3 is 2.00 bits per heavy atom. The number of hydrogen-bond donors (Lipinski definition) is 1. The molecule has 3 aromatic heterocycles. The average molecular weight is 706 g/mol. The Morgan fingerprint density at radius 2 is 1.39 bits per heavy atom. The van der Waals surface area contributed by atoms with Crippen LogP contribution in [0, 0.1) is 11.6 Å². The second-order valence-corrected chi connectivity index (χ2v) is 13.0. The average Bonchev–Trinajstić information content (AvgIpc) is 3.48. The van der Waals surface area contributed by atoms with E-state index in [0.717, 1.165) is 69.5 Å². The van der Waals surface area contributed by atoms with E-state index in [2.05, 4.69) is 25.1 Å². The van der Waals surface area contributed by atoms with Crippen LogP contribution in [0.1, 0.15) is 53.2 Å². The van der Waals surface area contributed by atoms with Crippen molar-refractivity contribution in [2.75, 3.05) is 38.0 Å². The number of nitrogens with zero attached hydrogens (tertiary/aromatic N) is 5. The van der Waals surface area contributed by atoms with Crippen LogP contribution >= 0.6 is 23.2 Å². The Labute approximate surface area is 293 Å². The van der Waals surface area contributed by atoms with E-state index in [0.29, 0.717) is 17.6 Å². The van der Waals surface area contributed by atoms with E-state index < -0.39 is 11.7 Å². The van der Waals surface area contributed by atoms with Crippen molar-refractivity contribution in [3.05, 3.63) is 124 Å². The molecule has 254 valence electrons. The second-order valence-electron chi connectivity index (χ2n) is 12.2. The molecule has 5 aromatic rings. The first-order valence-corrected chi connectivity index (χ1v) is 17.1. The van der Waals surface area contributed by atoms with Gasteiger partial charge in [-0.2, -0.15) is 0 Å². The Hall–Kier alpha value is -4.22. The van der Waals surface area contributed by atoms with Crippen LogP contribution in [0.15, 0.2) is 85.5 Å². The Bertz CT molecular complexity index is 1850. The maximum atomic E-state index is 13.7. The van der Waals surface area contributed by atoms with E-state index in [1.54, 1.807) is 24.5 Å². The van der Waals surface area contributed by atoms with Crippen molar-refractivity contribution in [1.29, 1.82) is 0 Å². The van der Waals surface area contributed by atoms with Gasteiger partial charge >= 0.3 is 0 Å². The number of benzene rings is 2. The summed E-state index contributed by atoms with van der Waals surface area (Å²) in [6.07, 6.45) is 10.1. The van der Waals surface area contributed by atoms with Gasteiger partial charge in [0.2, 0.25) is 0 Å². The molecule has 0 spiro atoms. The summed E-state index contributed by atoms with van der Waals surface area (Å²) in [5.74, 6) is -2.10. The van der Waals surface area contributed by atoms with Gasteiger partial charge in [0.05, 0.1) is 27.3 Å². The third-order valence-corrected chi connectivity index (χ3v) is 9.52. The minimum atomic E-state index is -0.847. The van der Waals surface area contributed by atoms with Gasteiger partial charge in [0.1, 0.15) is 17.3 Å². The van der Waals surface area contributed by atoms with Crippen molar-refractivity contribution in [2.24, 2.45) is 0 Å². The molecule has 6 rings (SSSR count). The number of aromatic nitrogens is 3. The van der Waals surface area contributed by atoms with Crippen LogP contribution in [0.2, 0.25) is 10.0 Å². The van der Waals surface area contributed by atoms with Gasteiger partial charge in [-0.15, -0.1) is 0 Å². The van der Waals surface area contributed by atoms with Crippen molar-refractivity contribution in [3.63, 3.8) is 0 Å². The monoisotopic (exact) mass is 704 g/mol. The Morgan fingerprint density at radius 1 is 0.796 bits per heavy atom. The number of unbranched alkanes of at least 4 members (excludes halogenated alkanes) is 3. The summed E-state index contributed by atoms with van der Waals surface area (Å²) in [5.41, 5.74) is 3.04. The van der Waals surface area contributed by atoms with E-state index in [1.807, 2.05) is 28.8 Å². The quantitative estimate of drug-likeness (QED) is 0.0765. The molecule has 8 nitrogen and oxygen atoms in total. The first-order valence-electron chi connectivity index (χ1n) is 16.3. The van der Waals surface area contributed by atoms with Gasteiger partial charge in [-0.25, -0.2) is 13.8 Å². The summed E-state index contributed by atoms with van der Waals surface area (Å²) < 4.78 is 29.3. The van der Waals surface area contributed by atoms with Crippen molar-refractivity contribution in [2.45, 2.75) is 38.3 Å². The van der Waals surface area contributed by atoms with E-state index >= 15 is 0 Å². The van der Waals surface area contributed by atoms with Crippen LogP contribution in [-0.2, 0) is 11.3 Å². The van der Waals surface area contributed by atoms with Gasteiger partial charge in [0.25, 0.3) is 11.7 Å². The van der Waals surface area contributed by atoms with Crippen LogP contribution in [0.3, 0.4) is 0 Å². The minimum Gasteiger partial charge on any atom is -0.332 e. The summed E-state index contributed by atoms with van der Waals surface area (Å²) in [4.78, 5) is 39.3. The molecule has 1 amide bonds. The van der Waals surface area contributed by atoms with Crippen molar-refractivity contribution in [3.8, 4) is 0 Å². The highest BCUT2D eigenvalue weighted by molar-refractivity contribution is 6.50. The number of hydrogen-bond acceptors (Lipinski definition) is 6. The van der Waals surface area contributed by atoms with Gasteiger partial charge in [-0.1, -0.05) is 60.3 Å². The maximum absolute atomic E-state index is 13.7. The third kappa shape index (κ3) is 8.33. The SMILES string of the molecule is O=C(Nc1c(Cl)cncc1Cl)C(=O)c1cn(CCCCCCN2CCN(C(c3ccc(F)cc3)c3ccc(F)cc3)CC2)c2ncccc12. The number of piperazine rings is 1. The fourth-order valence-corrected chi connectivity index (χ4v) is 6.88. The Balaban J connectivity index is 0.982. The standard InChI is InChI=1S/C37H36Cl2F2N6O2/c38-31-22-42-23-32(39)33(31)44-37(49)35(48)30-24-47(36-29(30)6-5-15-43-36)17-4-2-1-3-16-45-18-20-46(21-19-45)34(25-7-11-27(40)12-8-25)26-9-13-28(41)14-10-26/h5-15,22-24,34H,1-4,16-21H2,(H,42,44,49). The zero-order chi connectivity index (χ0) is 34.3. The first kappa shape index (κ1) is 34.6. The molecule has 1 aliphatic rings. The van der Waals surface area contributed by atoms with Crippen LogP contribution in [0.25, 0.3) is 11.0 Å². The number of nitrogens with one attached hydrogen (secondary N) is 1. The molecule has 1 N–H and O–H groups in total. The van der Waals surface area contributed by atoms with Crippen molar-refractivity contribution >= 4 is 51.6 Å². The molecule has 0 unspecified atom stereocenters. The molecule has 0 saturated carbocycles. The molecule has 0 aliphatic carbocycles. The number of rotatable bonds is 13. The molecule has 0 atom stereocenters. The number of fused-ring (bicyclic) bond motifs is 1. The second kappa shape index (κ2) is 16.0. The summed E-state index contributed by atoms with van der Waals surface area (Å²) in [5, 5.41) is 3.40. The summed E-state index contributed by atoms with van der Waals surface area (Å²) in [7, 11) is 0. The largest absolute Gasteiger partial charge is 0.332 e. The van der Waals surface area contributed by atoms with Gasteiger partial charge in [0.15, 0.2) is 0 Å². The molecule has 0 radical (unpaired) electrons. The summed E-state index contributed by atoms with van der Waals surface area (Å²) >= 11 is 12.2. The summed E-state index contributed by atoms with van der Waals surface area (Å²) in [6, 6.07) is 16.6.